The maximum absolute atomic E-state index is 6.48. The first-order valence-corrected chi connectivity index (χ1v) is 10.9. The van der Waals surface area contributed by atoms with E-state index in [0.717, 1.165) is 18.8 Å². The highest BCUT2D eigenvalue weighted by Gasteiger charge is 2.42. The Labute approximate surface area is 168 Å². The van der Waals surface area contributed by atoms with Crippen LogP contribution in [0.3, 0.4) is 0 Å². The molecule has 2 unspecified atom stereocenters. The molecule has 2 atom stereocenters. The second kappa shape index (κ2) is 7.84. The highest BCUT2D eigenvalue weighted by molar-refractivity contribution is 5.28. The largest absolute Gasteiger partial charge is 0.486 e. The lowest BCUT2D eigenvalue weighted by molar-refractivity contribution is 0.0452. The van der Waals surface area contributed by atoms with Crippen molar-refractivity contribution < 1.29 is 4.74 Å². The number of hydrogen-bond donors (Lipinski definition) is 0. The lowest BCUT2D eigenvalue weighted by Gasteiger charge is -2.34. The van der Waals surface area contributed by atoms with Crippen molar-refractivity contribution in [2.45, 2.75) is 50.2 Å². The summed E-state index contributed by atoms with van der Waals surface area (Å²) >= 11 is 0. The van der Waals surface area contributed by atoms with Gasteiger partial charge in [-0.05, 0) is 86.6 Å². The molecule has 1 aromatic carbocycles. The van der Waals surface area contributed by atoms with E-state index < -0.39 is 0 Å². The molecule has 0 N–H and O–H groups in total. The van der Waals surface area contributed by atoms with E-state index in [1.54, 1.807) is 0 Å². The first kappa shape index (κ1) is 18.1. The molecule has 3 saturated heterocycles. The molecule has 3 aliphatic rings. The van der Waals surface area contributed by atoms with E-state index in [0.29, 0.717) is 5.92 Å². The van der Waals surface area contributed by atoms with E-state index in [1.165, 1.54) is 69.4 Å². The van der Waals surface area contributed by atoms with Crippen molar-refractivity contribution in [2.75, 3.05) is 32.7 Å². The van der Waals surface area contributed by atoms with Gasteiger partial charge in [0.2, 0.25) is 0 Å². The molecule has 148 valence electrons. The number of nitrogens with zero attached hydrogens (tertiary/aromatic N) is 3. The molecular weight excluding hydrogens is 346 g/mol. The number of aromatic nitrogens is 1. The second-order valence-electron chi connectivity index (χ2n) is 8.89. The summed E-state index contributed by atoms with van der Waals surface area (Å²) in [7, 11) is 0. The molecule has 0 amide bonds. The molecule has 4 heteroatoms. The predicted octanol–water partition coefficient (Wildman–Crippen LogP) is 4.08. The lowest BCUT2D eigenvalue weighted by atomic mass is 9.90. The summed E-state index contributed by atoms with van der Waals surface area (Å²) in [4.78, 5) is 9.28. The molecule has 4 nitrogen and oxygen atoms in total. The van der Waals surface area contributed by atoms with Gasteiger partial charge in [0.25, 0.3) is 0 Å². The van der Waals surface area contributed by atoms with Crippen molar-refractivity contribution in [3.63, 3.8) is 0 Å². The van der Waals surface area contributed by atoms with Gasteiger partial charge in [0.05, 0.1) is 0 Å². The first-order valence-electron chi connectivity index (χ1n) is 10.9. The van der Waals surface area contributed by atoms with Gasteiger partial charge in [0.1, 0.15) is 11.4 Å². The van der Waals surface area contributed by atoms with Gasteiger partial charge >= 0.3 is 0 Å². The van der Waals surface area contributed by atoms with E-state index in [1.807, 2.05) is 12.4 Å². The van der Waals surface area contributed by atoms with Crippen LogP contribution in [-0.4, -0.2) is 53.1 Å². The zero-order chi connectivity index (χ0) is 18.8. The quantitative estimate of drug-likeness (QED) is 0.785. The van der Waals surface area contributed by atoms with Crippen LogP contribution in [-0.2, 0) is 6.54 Å². The van der Waals surface area contributed by atoms with Crippen LogP contribution in [0, 0.1) is 0 Å². The van der Waals surface area contributed by atoms with Gasteiger partial charge in [0.15, 0.2) is 0 Å². The summed E-state index contributed by atoms with van der Waals surface area (Å²) in [6.45, 7) is 6.95. The van der Waals surface area contributed by atoms with Crippen LogP contribution < -0.4 is 4.74 Å². The van der Waals surface area contributed by atoms with Gasteiger partial charge in [0, 0.05) is 38.4 Å². The van der Waals surface area contributed by atoms with E-state index in [2.05, 4.69) is 51.2 Å². The smallest absolute Gasteiger partial charge is 0.123 e. The summed E-state index contributed by atoms with van der Waals surface area (Å²) < 4.78 is 6.48. The molecule has 0 saturated carbocycles. The SMILES string of the molecule is c1cc(C2CCN(Cc3ccc(OC45CCCN(CC4)C5)cc3)CC2)ccn1. The zero-order valence-corrected chi connectivity index (χ0v) is 16.7. The normalized spacial score (nSPS) is 28.4. The molecule has 2 bridgehead atoms. The van der Waals surface area contributed by atoms with Crippen LogP contribution in [0.1, 0.15) is 49.1 Å². The third kappa shape index (κ3) is 3.94. The van der Waals surface area contributed by atoms with Crippen molar-refractivity contribution in [1.29, 1.82) is 0 Å². The summed E-state index contributed by atoms with van der Waals surface area (Å²) in [5.74, 6) is 1.74. The minimum Gasteiger partial charge on any atom is -0.486 e. The lowest BCUT2D eigenvalue weighted by Crippen LogP contribution is -2.43. The number of hydrogen-bond acceptors (Lipinski definition) is 4. The minimum absolute atomic E-state index is 0.0780. The summed E-state index contributed by atoms with van der Waals surface area (Å²) in [6.07, 6.45) is 9.98. The number of piperidine rings is 2. The average Bonchev–Trinajstić information content (AvgIpc) is 3.04. The van der Waals surface area contributed by atoms with E-state index in [9.17, 15) is 0 Å². The molecule has 28 heavy (non-hydrogen) atoms. The van der Waals surface area contributed by atoms with Crippen molar-refractivity contribution >= 4 is 0 Å². The molecule has 1 aromatic heterocycles. The summed E-state index contributed by atoms with van der Waals surface area (Å²) in [5, 5.41) is 0. The minimum atomic E-state index is 0.0780. The molecule has 0 spiro atoms. The second-order valence-corrected chi connectivity index (χ2v) is 8.89. The number of fused-ring (bicyclic) bond motifs is 2. The zero-order valence-electron chi connectivity index (χ0n) is 16.7. The molecule has 5 rings (SSSR count). The van der Waals surface area contributed by atoms with Gasteiger partial charge in [-0.15, -0.1) is 0 Å². The van der Waals surface area contributed by atoms with Crippen molar-refractivity contribution in [2.24, 2.45) is 0 Å². The Morgan fingerprint density at radius 1 is 0.929 bits per heavy atom. The Morgan fingerprint density at radius 2 is 1.71 bits per heavy atom. The Kier molecular flexibility index (Phi) is 5.08. The number of rotatable bonds is 5. The van der Waals surface area contributed by atoms with Gasteiger partial charge < -0.3 is 4.74 Å². The fourth-order valence-electron chi connectivity index (χ4n) is 5.31. The van der Waals surface area contributed by atoms with Crippen molar-refractivity contribution in [3.05, 3.63) is 59.9 Å². The Bertz CT molecular complexity index is 766. The molecule has 0 aliphatic carbocycles. The van der Waals surface area contributed by atoms with Crippen LogP contribution in [0.2, 0.25) is 0 Å². The number of ether oxygens (including phenoxy) is 1. The Morgan fingerprint density at radius 3 is 2.50 bits per heavy atom. The van der Waals surface area contributed by atoms with Gasteiger partial charge in [-0.1, -0.05) is 12.1 Å². The Balaban J connectivity index is 1.14. The average molecular weight is 378 g/mol. The van der Waals surface area contributed by atoms with E-state index in [-0.39, 0.29) is 5.60 Å². The molecule has 4 heterocycles. The summed E-state index contributed by atoms with van der Waals surface area (Å²) in [5.41, 5.74) is 2.92. The maximum Gasteiger partial charge on any atom is 0.123 e. The standard InChI is InChI=1S/C24H31N3O/c1-10-24(11-17-27(14-1)19-24)28-23-4-2-20(3-5-23)18-26-15-8-22(9-16-26)21-6-12-25-13-7-21/h2-7,12-13,22H,1,8-11,14-19H2. The van der Waals surface area contributed by atoms with E-state index >= 15 is 0 Å². The Hall–Kier alpha value is -1.91. The van der Waals surface area contributed by atoms with Gasteiger partial charge in [-0.3, -0.25) is 14.8 Å². The highest BCUT2D eigenvalue weighted by atomic mass is 16.5. The number of benzene rings is 1. The van der Waals surface area contributed by atoms with Crippen molar-refractivity contribution in [3.8, 4) is 5.75 Å². The highest BCUT2D eigenvalue weighted by Crippen LogP contribution is 2.36. The third-order valence-electron chi connectivity index (χ3n) is 6.93. The third-order valence-corrected chi connectivity index (χ3v) is 6.93. The van der Waals surface area contributed by atoms with Crippen LogP contribution >= 0.6 is 0 Å². The molecule has 2 aromatic rings. The fraction of sp³-hybridized carbons (Fsp3) is 0.542. The predicted molar refractivity (Wildman–Crippen MR) is 112 cm³/mol. The van der Waals surface area contributed by atoms with Gasteiger partial charge in [-0.2, -0.15) is 0 Å². The van der Waals surface area contributed by atoms with Crippen LogP contribution in [0.15, 0.2) is 48.8 Å². The molecule has 3 fully saturated rings. The molecular formula is C24H31N3O. The van der Waals surface area contributed by atoms with Crippen LogP contribution in [0.25, 0.3) is 0 Å². The first-order chi connectivity index (χ1) is 13.8. The number of likely N-dealkylation sites (tertiary alicyclic amines) is 1. The van der Waals surface area contributed by atoms with Crippen LogP contribution in [0.5, 0.6) is 5.75 Å². The fourth-order valence-corrected chi connectivity index (χ4v) is 5.31. The maximum atomic E-state index is 6.48. The summed E-state index contributed by atoms with van der Waals surface area (Å²) in [6, 6.07) is 13.2. The number of pyridine rings is 1. The topological polar surface area (TPSA) is 28.6 Å². The molecule has 0 radical (unpaired) electrons. The monoisotopic (exact) mass is 377 g/mol. The van der Waals surface area contributed by atoms with Crippen LogP contribution in [0.4, 0.5) is 0 Å². The molecule has 3 aliphatic heterocycles. The van der Waals surface area contributed by atoms with E-state index in [4.69, 9.17) is 4.74 Å². The van der Waals surface area contributed by atoms with Crippen molar-refractivity contribution in [1.82, 2.24) is 14.8 Å². The van der Waals surface area contributed by atoms with Gasteiger partial charge in [-0.25, -0.2) is 0 Å².